The number of allylic oxidation sites excluding steroid dienone is 2. The minimum absolute atomic E-state index is 0.0181. The van der Waals surface area contributed by atoms with Gasteiger partial charge in [0.15, 0.2) is 5.70 Å². The van der Waals surface area contributed by atoms with Crippen LogP contribution in [0.5, 0.6) is 0 Å². The number of aliphatic hydroxyl groups is 1. The molecule has 0 spiro atoms. The molecule has 1 atom stereocenters. The van der Waals surface area contributed by atoms with Gasteiger partial charge in [0, 0.05) is 12.8 Å². The van der Waals surface area contributed by atoms with E-state index >= 15 is 0 Å². The maximum absolute atomic E-state index is 12.5. The molecular formula is C18H18N2O7. The first-order valence-corrected chi connectivity index (χ1v) is 8.19. The van der Waals surface area contributed by atoms with Crippen molar-refractivity contribution in [3.63, 3.8) is 0 Å². The number of hydrogen-bond acceptors (Lipinski definition) is 8. The zero-order chi connectivity index (χ0) is 19.4. The minimum Gasteiger partial charge on any atom is -0.496 e. The molecule has 1 unspecified atom stereocenters. The van der Waals surface area contributed by atoms with Crippen molar-refractivity contribution in [2.75, 3.05) is 7.11 Å². The fourth-order valence-corrected chi connectivity index (χ4v) is 2.55. The van der Waals surface area contributed by atoms with E-state index in [9.17, 15) is 19.5 Å². The number of ether oxygens (including phenoxy) is 1. The Morgan fingerprint density at radius 1 is 1.15 bits per heavy atom. The average Bonchev–Trinajstić information content (AvgIpc) is 2.99. The summed E-state index contributed by atoms with van der Waals surface area (Å²) in [4.78, 5) is 46.2. The van der Waals surface area contributed by atoms with Gasteiger partial charge in [-0.05, 0) is 17.7 Å². The van der Waals surface area contributed by atoms with Crippen molar-refractivity contribution in [3.8, 4) is 0 Å². The predicted octanol–water partition coefficient (Wildman–Crippen LogP) is 0.774. The van der Waals surface area contributed by atoms with Crippen LogP contribution in [0.2, 0.25) is 0 Å². The maximum Gasteiger partial charge on any atom is 0.382 e. The lowest BCUT2D eigenvalue weighted by atomic mass is 10.2. The third-order valence-electron chi connectivity index (χ3n) is 3.96. The molecule has 0 aromatic heterocycles. The van der Waals surface area contributed by atoms with Crippen LogP contribution in [0.4, 0.5) is 0 Å². The summed E-state index contributed by atoms with van der Waals surface area (Å²) >= 11 is 0. The van der Waals surface area contributed by atoms with Gasteiger partial charge in [0.05, 0.1) is 7.11 Å². The quantitative estimate of drug-likeness (QED) is 0.728. The molecule has 2 aliphatic rings. The van der Waals surface area contributed by atoms with Gasteiger partial charge in [0.1, 0.15) is 12.4 Å². The SMILES string of the molecule is COC1=CC=C(C(=O)ON2C(=O)CCC2=O)N(OCc2ccccc2)C1O. The van der Waals surface area contributed by atoms with E-state index < -0.39 is 24.0 Å². The third-order valence-corrected chi connectivity index (χ3v) is 3.96. The summed E-state index contributed by atoms with van der Waals surface area (Å²) in [7, 11) is 1.36. The fraction of sp³-hybridized carbons (Fsp3) is 0.278. The Hall–Kier alpha value is -3.17. The van der Waals surface area contributed by atoms with Gasteiger partial charge in [-0.25, -0.2) is 9.86 Å². The topological polar surface area (TPSA) is 106 Å². The Labute approximate surface area is 154 Å². The van der Waals surface area contributed by atoms with Gasteiger partial charge in [0.2, 0.25) is 6.23 Å². The fourth-order valence-electron chi connectivity index (χ4n) is 2.55. The monoisotopic (exact) mass is 374 g/mol. The number of carbonyl (C=O) groups excluding carboxylic acids is 3. The molecular weight excluding hydrogens is 356 g/mol. The first-order valence-electron chi connectivity index (χ1n) is 8.19. The van der Waals surface area contributed by atoms with Crippen molar-refractivity contribution in [3.05, 3.63) is 59.5 Å². The molecule has 2 amide bonds. The number of imide groups is 1. The number of carbonyl (C=O) groups is 3. The highest BCUT2D eigenvalue weighted by Crippen LogP contribution is 2.24. The number of aliphatic hydroxyl groups excluding tert-OH is 1. The lowest BCUT2D eigenvalue weighted by Gasteiger charge is -2.32. The van der Waals surface area contributed by atoms with Crippen LogP contribution in [0.3, 0.4) is 0 Å². The molecule has 1 saturated heterocycles. The van der Waals surface area contributed by atoms with Gasteiger partial charge in [-0.3, -0.25) is 14.4 Å². The highest BCUT2D eigenvalue weighted by Gasteiger charge is 2.37. The lowest BCUT2D eigenvalue weighted by Crippen LogP contribution is -2.43. The molecule has 9 heteroatoms. The highest BCUT2D eigenvalue weighted by atomic mass is 16.7. The average molecular weight is 374 g/mol. The summed E-state index contributed by atoms with van der Waals surface area (Å²) in [5.74, 6) is -2.07. The second-order valence-electron chi connectivity index (χ2n) is 5.74. The zero-order valence-corrected chi connectivity index (χ0v) is 14.5. The highest BCUT2D eigenvalue weighted by molar-refractivity contribution is 6.02. The van der Waals surface area contributed by atoms with E-state index in [0.717, 1.165) is 10.6 Å². The Balaban J connectivity index is 1.77. The standard InChI is InChI=1S/C18H18N2O7/c1-25-14-8-7-13(18(24)27-20-15(21)9-10-16(20)22)19(17(14)23)26-11-12-5-3-2-4-6-12/h2-8,17,23H,9-11H2,1H3. The second-order valence-corrected chi connectivity index (χ2v) is 5.74. The van der Waals surface area contributed by atoms with Gasteiger partial charge >= 0.3 is 5.97 Å². The number of hydroxylamine groups is 4. The largest absolute Gasteiger partial charge is 0.496 e. The summed E-state index contributed by atoms with van der Waals surface area (Å²) in [6, 6.07) is 9.11. The van der Waals surface area contributed by atoms with Crippen LogP contribution in [0.25, 0.3) is 0 Å². The third kappa shape index (κ3) is 3.99. The Morgan fingerprint density at radius 2 is 1.81 bits per heavy atom. The van der Waals surface area contributed by atoms with E-state index in [1.807, 2.05) is 30.3 Å². The molecule has 27 heavy (non-hydrogen) atoms. The van der Waals surface area contributed by atoms with E-state index in [0.29, 0.717) is 5.06 Å². The van der Waals surface area contributed by atoms with Crippen molar-refractivity contribution in [2.24, 2.45) is 0 Å². The Kier molecular flexibility index (Phi) is 5.53. The van der Waals surface area contributed by atoms with Crippen molar-refractivity contribution < 1.29 is 33.9 Å². The number of nitrogens with zero attached hydrogens (tertiary/aromatic N) is 2. The van der Waals surface area contributed by atoms with Crippen molar-refractivity contribution in [2.45, 2.75) is 25.7 Å². The second kappa shape index (κ2) is 8.02. The number of methoxy groups -OCH3 is 1. The molecule has 9 nitrogen and oxygen atoms in total. The molecule has 0 aliphatic carbocycles. The zero-order valence-electron chi connectivity index (χ0n) is 14.5. The van der Waals surface area contributed by atoms with Gasteiger partial charge in [-0.2, -0.15) is 0 Å². The van der Waals surface area contributed by atoms with Crippen LogP contribution in [-0.4, -0.2) is 46.4 Å². The molecule has 2 heterocycles. The van der Waals surface area contributed by atoms with Gasteiger partial charge in [0.25, 0.3) is 11.8 Å². The van der Waals surface area contributed by atoms with E-state index in [-0.39, 0.29) is 30.9 Å². The summed E-state index contributed by atoms with van der Waals surface area (Å²) in [5, 5.41) is 11.7. The van der Waals surface area contributed by atoms with E-state index in [1.165, 1.54) is 19.3 Å². The maximum atomic E-state index is 12.5. The molecule has 0 radical (unpaired) electrons. The molecule has 1 aromatic rings. The van der Waals surface area contributed by atoms with Crippen molar-refractivity contribution in [1.29, 1.82) is 0 Å². The molecule has 1 N–H and O–H groups in total. The summed E-state index contributed by atoms with van der Waals surface area (Å²) < 4.78 is 5.06. The molecule has 2 aliphatic heterocycles. The number of benzene rings is 1. The van der Waals surface area contributed by atoms with Crippen LogP contribution in [0.1, 0.15) is 18.4 Å². The van der Waals surface area contributed by atoms with Crippen LogP contribution >= 0.6 is 0 Å². The van der Waals surface area contributed by atoms with E-state index in [4.69, 9.17) is 14.4 Å². The Bertz CT molecular complexity index is 787. The summed E-state index contributed by atoms with van der Waals surface area (Å²) in [6.45, 7) is 0.0566. The van der Waals surface area contributed by atoms with Gasteiger partial charge < -0.3 is 14.7 Å². The molecule has 1 fully saturated rings. The molecule has 0 saturated carbocycles. The van der Waals surface area contributed by atoms with Crippen LogP contribution < -0.4 is 0 Å². The lowest BCUT2D eigenvalue weighted by molar-refractivity contribution is -0.232. The van der Waals surface area contributed by atoms with Crippen LogP contribution in [0.15, 0.2) is 53.9 Å². The minimum atomic E-state index is -1.41. The Morgan fingerprint density at radius 3 is 2.44 bits per heavy atom. The van der Waals surface area contributed by atoms with Crippen LogP contribution in [-0.2, 0) is 35.4 Å². The van der Waals surface area contributed by atoms with E-state index in [2.05, 4.69) is 0 Å². The van der Waals surface area contributed by atoms with E-state index in [1.54, 1.807) is 0 Å². The normalized spacial score (nSPS) is 19.7. The molecule has 3 rings (SSSR count). The summed E-state index contributed by atoms with van der Waals surface area (Å²) in [5.41, 5.74) is 0.613. The molecule has 142 valence electrons. The van der Waals surface area contributed by atoms with Crippen molar-refractivity contribution >= 4 is 17.8 Å². The van der Waals surface area contributed by atoms with Crippen molar-refractivity contribution in [1.82, 2.24) is 10.1 Å². The number of hydrogen-bond donors (Lipinski definition) is 1. The molecule has 1 aromatic carbocycles. The first-order chi connectivity index (χ1) is 13.0. The number of rotatable bonds is 6. The van der Waals surface area contributed by atoms with Gasteiger partial charge in [-0.1, -0.05) is 30.3 Å². The smallest absolute Gasteiger partial charge is 0.382 e. The first kappa shape index (κ1) is 18.6. The summed E-state index contributed by atoms with van der Waals surface area (Å²) in [6.07, 6.45) is 1.24. The number of amides is 2. The molecule has 0 bridgehead atoms. The van der Waals surface area contributed by atoms with Crippen LogP contribution in [0, 0.1) is 0 Å². The predicted molar refractivity (Wildman–Crippen MR) is 89.4 cm³/mol. The van der Waals surface area contributed by atoms with Gasteiger partial charge in [-0.15, -0.1) is 5.06 Å².